The zero-order valence-electron chi connectivity index (χ0n) is 7.00. The van der Waals surface area contributed by atoms with Crippen molar-refractivity contribution >= 4 is 11.5 Å². The van der Waals surface area contributed by atoms with E-state index in [0.717, 1.165) is 5.69 Å². The van der Waals surface area contributed by atoms with Crippen molar-refractivity contribution in [1.29, 1.82) is 0 Å². The van der Waals surface area contributed by atoms with E-state index in [-0.39, 0.29) is 12.3 Å². The van der Waals surface area contributed by atoms with Crippen LogP contribution < -0.4 is 11.1 Å². The molecule has 0 bridgehead atoms. The molecule has 0 amide bonds. The summed E-state index contributed by atoms with van der Waals surface area (Å²) in [4.78, 5) is 11.2. The van der Waals surface area contributed by atoms with Gasteiger partial charge in [-0.15, -0.1) is 0 Å². The number of hydrogen-bond donors (Lipinski definition) is 2. The van der Waals surface area contributed by atoms with Crippen LogP contribution in [0.15, 0.2) is 24.3 Å². The van der Waals surface area contributed by atoms with Crippen LogP contribution in [0.5, 0.6) is 0 Å². The molecule has 0 radical (unpaired) electrons. The lowest BCUT2D eigenvalue weighted by molar-refractivity contribution is 0.100. The maximum absolute atomic E-state index is 11.2. The number of hydrogen-bond acceptors (Lipinski definition) is 3. The van der Waals surface area contributed by atoms with Crippen LogP contribution in [-0.4, -0.2) is 19.4 Å². The predicted octanol–water partition coefficient (Wildman–Crippen LogP) is 0.870. The normalized spacial score (nSPS) is 9.50. The van der Waals surface area contributed by atoms with Gasteiger partial charge in [-0.2, -0.15) is 0 Å². The SMILES string of the molecule is CNc1ccccc1C(=O)CN. The van der Waals surface area contributed by atoms with Crippen molar-refractivity contribution in [3.8, 4) is 0 Å². The first-order valence-electron chi connectivity index (χ1n) is 3.79. The summed E-state index contributed by atoms with van der Waals surface area (Å²) in [7, 11) is 1.78. The van der Waals surface area contributed by atoms with Crippen LogP contribution in [0.1, 0.15) is 10.4 Å². The van der Waals surface area contributed by atoms with Crippen molar-refractivity contribution in [3.05, 3.63) is 29.8 Å². The fraction of sp³-hybridized carbons (Fsp3) is 0.222. The minimum Gasteiger partial charge on any atom is -0.388 e. The molecule has 0 spiro atoms. The summed E-state index contributed by atoms with van der Waals surface area (Å²) >= 11 is 0. The number of nitrogens with two attached hydrogens (primary N) is 1. The molecule has 0 fully saturated rings. The number of benzene rings is 1. The molecule has 0 aromatic heterocycles. The largest absolute Gasteiger partial charge is 0.388 e. The number of rotatable bonds is 3. The number of Topliss-reactive ketones (excluding diaryl/α,β-unsaturated/α-hetero) is 1. The summed E-state index contributed by atoms with van der Waals surface area (Å²) in [5.74, 6) is -0.0417. The van der Waals surface area contributed by atoms with Crippen molar-refractivity contribution in [1.82, 2.24) is 0 Å². The Morgan fingerprint density at radius 1 is 1.50 bits per heavy atom. The third kappa shape index (κ3) is 1.62. The highest BCUT2D eigenvalue weighted by molar-refractivity contribution is 6.02. The van der Waals surface area contributed by atoms with Crippen LogP contribution in [0.3, 0.4) is 0 Å². The molecule has 0 aliphatic heterocycles. The Hall–Kier alpha value is -1.35. The lowest BCUT2D eigenvalue weighted by atomic mass is 10.1. The highest BCUT2D eigenvalue weighted by Gasteiger charge is 2.06. The molecule has 0 aliphatic carbocycles. The lowest BCUT2D eigenvalue weighted by Gasteiger charge is -2.05. The van der Waals surface area contributed by atoms with E-state index >= 15 is 0 Å². The Balaban J connectivity index is 3.04. The van der Waals surface area contributed by atoms with Crippen LogP contribution in [0.25, 0.3) is 0 Å². The molecule has 0 atom stereocenters. The molecule has 1 aromatic rings. The van der Waals surface area contributed by atoms with E-state index in [1.807, 2.05) is 18.2 Å². The predicted molar refractivity (Wildman–Crippen MR) is 49.4 cm³/mol. The molecule has 3 nitrogen and oxygen atoms in total. The second kappa shape index (κ2) is 3.88. The smallest absolute Gasteiger partial charge is 0.178 e. The molecule has 1 rings (SSSR count). The second-order valence-electron chi connectivity index (χ2n) is 2.42. The first-order chi connectivity index (χ1) is 5.79. The molecule has 0 saturated carbocycles. The van der Waals surface area contributed by atoms with Gasteiger partial charge in [0.1, 0.15) is 0 Å². The molecular weight excluding hydrogens is 152 g/mol. The Labute approximate surface area is 71.6 Å². The molecule has 3 N–H and O–H groups in total. The van der Waals surface area contributed by atoms with Crippen molar-refractivity contribution in [2.24, 2.45) is 5.73 Å². The van der Waals surface area contributed by atoms with E-state index in [1.165, 1.54) is 0 Å². The summed E-state index contributed by atoms with van der Waals surface area (Å²) in [6.07, 6.45) is 0. The Kier molecular flexibility index (Phi) is 2.82. The Bertz CT molecular complexity index is 284. The average Bonchev–Trinajstić information content (AvgIpc) is 2.16. The van der Waals surface area contributed by atoms with Crippen molar-refractivity contribution in [3.63, 3.8) is 0 Å². The van der Waals surface area contributed by atoms with Gasteiger partial charge in [-0.3, -0.25) is 4.79 Å². The van der Waals surface area contributed by atoms with Gasteiger partial charge in [-0.05, 0) is 12.1 Å². The monoisotopic (exact) mass is 164 g/mol. The van der Waals surface area contributed by atoms with E-state index < -0.39 is 0 Å². The van der Waals surface area contributed by atoms with Crippen LogP contribution in [0.2, 0.25) is 0 Å². The minimum absolute atomic E-state index is 0.0417. The number of carbonyl (C=O) groups is 1. The van der Waals surface area contributed by atoms with E-state index in [1.54, 1.807) is 13.1 Å². The molecule has 3 heteroatoms. The van der Waals surface area contributed by atoms with Crippen molar-refractivity contribution < 1.29 is 4.79 Å². The van der Waals surface area contributed by atoms with Gasteiger partial charge in [0, 0.05) is 18.3 Å². The molecule has 0 saturated heterocycles. The second-order valence-corrected chi connectivity index (χ2v) is 2.42. The van der Waals surface area contributed by atoms with Crippen LogP contribution in [-0.2, 0) is 0 Å². The summed E-state index contributed by atoms with van der Waals surface area (Å²) in [5, 5.41) is 2.93. The molecule has 0 heterocycles. The third-order valence-electron chi connectivity index (χ3n) is 1.68. The molecule has 0 aliphatic rings. The van der Waals surface area contributed by atoms with E-state index in [2.05, 4.69) is 5.32 Å². The van der Waals surface area contributed by atoms with Crippen molar-refractivity contribution in [2.75, 3.05) is 18.9 Å². The van der Waals surface area contributed by atoms with Gasteiger partial charge in [-0.1, -0.05) is 12.1 Å². The Morgan fingerprint density at radius 3 is 2.75 bits per heavy atom. The molecular formula is C9H12N2O. The number of anilines is 1. The molecule has 0 unspecified atom stereocenters. The third-order valence-corrected chi connectivity index (χ3v) is 1.68. The first-order valence-corrected chi connectivity index (χ1v) is 3.79. The van der Waals surface area contributed by atoms with Crippen molar-refractivity contribution in [2.45, 2.75) is 0 Å². The fourth-order valence-corrected chi connectivity index (χ4v) is 1.05. The lowest BCUT2D eigenvalue weighted by Crippen LogP contribution is -2.14. The summed E-state index contributed by atoms with van der Waals surface area (Å²) in [6, 6.07) is 7.31. The van der Waals surface area contributed by atoms with Gasteiger partial charge < -0.3 is 11.1 Å². The number of ketones is 1. The van der Waals surface area contributed by atoms with Gasteiger partial charge in [0.2, 0.25) is 0 Å². The maximum Gasteiger partial charge on any atom is 0.178 e. The van der Waals surface area contributed by atoms with Crippen LogP contribution in [0.4, 0.5) is 5.69 Å². The van der Waals surface area contributed by atoms with E-state index in [0.29, 0.717) is 5.56 Å². The average molecular weight is 164 g/mol. The van der Waals surface area contributed by atoms with Crippen LogP contribution in [0, 0.1) is 0 Å². The topological polar surface area (TPSA) is 55.1 Å². The standard InChI is InChI=1S/C9H12N2O/c1-11-8-5-3-2-4-7(8)9(12)6-10/h2-5,11H,6,10H2,1H3. The number of carbonyl (C=O) groups excluding carboxylic acids is 1. The highest BCUT2D eigenvalue weighted by Crippen LogP contribution is 2.13. The zero-order valence-corrected chi connectivity index (χ0v) is 7.00. The van der Waals surface area contributed by atoms with Gasteiger partial charge in [-0.25, -0.2) is 0 Å². The Morgan fingerprint density at radius 2 is 2.17 bits per heavy atom. The minimum atomic E-state index is -0.0417. The molecule has 12 heavy (non-hydrogen) atoms. The quantitative estimate of drug-likeness (QED) is 0.652. The first kappa shape index (κ1) is 8.74. The van der Waals surface area contributed by atoms with Gasteiger partial charge in [0.15, 0.2) is 5.78 Å². The number of para-hydroxylation sites is 1. The summed E-state index contributed by atoms with van der Waals surface area (Å²) < 4.78 is 0. The summed E-state index contributed by atoms with van der Waals surface area (Å²) in [5.41, 5.74) is 6.73. The highest BCUT2D eigenvalue weighted by atomic mass is 16.1. The zero-order chi connectivity index (χ0) is 8.97. The van der Waals surface area contributed by atoms with Gasteiger partial charge in [0.25, 0.3) is 0 Å². The summed E-state index contributed by atoms with van der Waals surface area (Å²) in [6.45, 7) is 0.0543. The fourth-order valence-electron chi connectivity index (χ4n) is 1.05. The molecule has 64 valence electrons. The van der Waals surface area contributed by atoms with Crippen LogP contribution >= 0.6 is 0 Å². The van der Waals surface area contributed by atoms with E-state index in [9.17, 15) is 4.79 Å². The number of nitrogens with one attached hydrogen (secondary N) is 1. The van der Waals surface area contributed by atoms with Gasteiger partial charge >= 0.3 is 0 Å². The maximum atomic E-state index is 11.2. The van der Waals surface area contributed by atoms with Gasteiger partial charge in [0.05, 0.1) is 6.54 Å². The van der Waals surface area contributed by atoms with E-state index in [4.69, 9.17) is 5.73 Å². The molecule has 1 aromatic carbocycles.